The van der Waals surface area contributed by atoms with Crippen molar-refractivity contribution in [2.24, 2.45) is 0 Å². The number of hydrogen-bond donors (Lipinski definition) is 0. The second-order valence-corrected chi connectivity index (χ2v) is 9.36. The van der Waals surface area contributed by atoms with Crippen LogP contribution < -0.4 is 5.46 Å². The number of benzene rings is 5. The van der Waals surface area contributed by atoms with Crippen LogP contribution in [0.25, 0.3) is 43.4 Å². The molecule has 1 fully saturated rings. The molecule has 6 rings (SSSR count). The minimum atomic E-state index is -0.451. The molecule has 1 saturated heterocycles. The van der Waals surface area contributed by atoms with E-state index < -0.39 is 18.3 Å². The van der Waals surface area contributed by atoms with Crippen molar-refractivity contribution in [2.45, 2.75) is 38.9 Å². The molecular formula is C28H25BO2. The van der Waals surface area contributed by atoms with Gasteiger partial charge in [-0.2, -0.15) is 0 Å². The maximum atomic E-state index is 8.40. The van der Waals surface area contributed by atoms with E-state index in [-0.39, 0.29) is 35.8 Å². The van der Waals surface area contributed by atoms with Crippen LogP contribution in [0.4, 0.5) is 0 Å². The van der Waals surface area contributed by atoms with Gasteiger partial charge < -0.3 is 9.31 Å². The minimum Gasteiger partial charge on any atom is -0.399 e. The monoisotopic (exact) mass is 409 g/mol. The summed E-state index contributed by atoms with van der Waals surface area (Å²) >= 11 is 0. The summed E-state index contributed by atoms with van der Waals surface area (Å²) in [5.74, 6) is 0. The minimum absolute atomic E-state index is 0.194. The number of hydrogen-bond acceptors (Lipinski definition) is 2. The Morgan fingerprint density at radius 3 is 1.58 bits per heavy atom. The van der Waals surface area contributed by atoms with E-state index in [0.29, 0.717) is 5.56 Å². The topological polar surface area (TPSA) is 18.5 Å². The van der Waals surface area contributed by atoms with Crippen LogP contribution in [0, 0.1) is 0 Å². The van der Waals surface area contributed by atoms with Gasteiger partial charge in [0.05, 0.1) is 18.1 Å². The van der Waals surface area contributed by atoms with E-state index in [1.165, 1.54) is 0 Å². The lowest BCUT2D eigenvalue weighted by Crippen LogP contribution is -2.41. The second-order valence-electron chi connectivity index (χ2n) is 9.36. The van der Waals surface area contributed by atoms with Crippen LogP contribution in [-0.2, 0) is 9.31 Å². The first-order valence-corrected chi connectivity index (χ1v) is 10.5. The van der Waals surface area contributed by atoms with E-state index in [0.717, 1.165) is 37.8 Å². The molecule has 152 valence electrons. The molecule has 0 unspecified atom stereocenters. The van der Waals surface area contributed by atoms with E-state index in [1.807, 2.05) is 52.0 Å². The highest BCUT2D eigenvalue weighted by atomic mass is 16.7. The summed E-state index contributed by atoms with van der Waals surface area (Å²) < 4.78 is 53.4. The Balaban J connectivity index is 1.55. The predicted molar refractivity (Wildman–Crippen MR) is 131 cm³/mol. The van der Waals surface area contributed by atoms with E-state index in [9.17, 15) is 0 Å². The van der Waals surface area contributed by atoms with Crippen molar-refractivity contribution in [3.8, 4) is 11.1 Å². The first-order valence-electron chi connectivity index (χ1n) is 13.0. The zero-order valence-corrected chi connectivity index (χ0v) is 18.0. The summed E-state index contributed by atoms with van der Waals surface area (Å²) in [6, 6.07) is 14.8. The molecule has 0 atom stereocenters. The van der Waals surface area contributed by atoms with Gasteiger partial charge in [0.1, 0.15) is 0 Å². The summed E-state index contributed by atoms with van der Waals surface area (Å²) in [6.07, 6.45) is 0. The van der Waals surface area contributed by atoms with Gasteiger partial charge in [0.25, 0.3) is 0 Å². The zero-order chi connectivity index (χ0) is 25.7. The summed E-state index contributed by atoms with van der Waals surface area (Å²) in [5.41, 5.74) is 0.955. The van der Waals surface area contributed by atoms with Crippen molar-refractivity contribution in [3.63, 3.8) is 0 Å². The average Bonchev–Trinajstić information content (AvgIpc) is 3.06. The van der Waals surface area contributed by atoms with Crippen molar-refractivity contribution >= 4 is 44.9 Å². The van der Waals surface area contributed by atoms with Gasteiger partial charge in [-0.3, -0.25) is 0 Å². The molecule has 0 radical (unpaired) electrons. The fourth-order valence-electron chi connectivity index (χ4n) is 4.52. The van der Waals surface area contributed by atoms with E-state index in [4.69, 9.17) is 16.2 Å². The lowest BCUT2D eigenvalue weighted by Gasteiger charge is -2.32. The molecule has 1 aliphatic rings. The molecule has 5 aromatic carbocycles. The van der Waals surface area contributed by atoms with Gasteiger partial charge in [-0.15, -0.1) is 0 Å². The van der Waals surface area contributed by atoms with Crippen molar-refractivity contribution in [2.75, 3.05) is 0 Å². The third kappa shape index (κ3) is 2.81. The third-order valence-corrected chi connectivity index (χ3v) is 6.87. The van der Waals surface area contributed by atoms with Crippen molar-refractivity contribution in [1.82, 2.24) is 0 Å². The summed E-state index contributed by atoms with van der Waals surface area (Å²) in [7, 11) is -0.451. The molecule has 1 heterocycles. The van der Waals surface area contributed by atoms with Crippen LogP contribution in [0.15, 0.2) is 78.7 Å². The molecule has 3 heteroatoms. The molecule has 0 spiro atoms. The zero-order valence-electron chi connectivity index (χ0n) is 23.0. The Labute approximate surface area is 190 Å². The lowest BCUT2D eigenvalue weighted by atomic mass is 9.76. The lowest BCUT2D eigenvalue weighted by molar-refractivity contribution is 0.00578. The smallest absolute Gasteiger partial charge is 0.399 e. The highest BCUT2D eigenvalue weighted by Crippen LogP contribution is 2.39. The summed E-state index contributed by atoms with van der Waals surface area (Å²) in [6.45, 7) is 8.19. The maximum Gasteiger partial charge on any atom is 0.494 e. The molecule has 31 heavy (non-hydrogen) atoms. The fourth-order valence-corrected chi connectivity index (χ4v) is 4.52. The molecule has 0 aromatic heterocycles. The van der Waals surface area contributed by atoms with Gasteiger partial charge in [-0.25, -0.2) is 0 Å². The molecule has 0 amide bonds. The third-order valence-electron chi connectivity index (χ3n) is 6.87. The van der Waals surface area contributed by atoms with Crippen molar-refractivity contribution in [3.05, 3.63) is 78.7 Å². The van der Waals surface area contributed by atoms with E-state index >= 15 is 0 Å². The second kappa shape index (κ2) is 6.32. The molecule has 0 bridgehead atoms. The highest BCUT2D eigenvalue weighted by Gasteiger charge is 2.51. The highest BCUT2D eigenvalue weighted by molar-refractivity contribution is 6.62. The first-order chi connectivity index (χ1) is 16.9. The standard InChI is InChI=1S/C28H25BO2/c1-27(2)28(3,4)31-29(30-27)24-16-21-12-10-19-14-23(18-8-6-5-7-9-18)15-20-11-13-22(17-24)26(21)25(19)20/h5-17H,1-4H3/i5D,6D,7D,8D,9D. The molecule has 5 aromatic rings. The van der Waals surface area contributed by atoms with Gasteiger partial charge >= 0.3 is 7.12 Å². The molecule has 2 nitrogen and oxygen atoms in total. The molecule has 1 aliphatic heterocycles. The van der Waals surface area contributed by atoms with Crippen molar-refractivity contribution in [1.29, 1.82) is 0 Å². The maximum absolute atomic E-state index is 8.40. The van der Waals surface area contributed by atoms with Crippen LogP contribution in [-0.4, -0.2) is 18.3 Å². The van der Waals surface area contributed by atoms with Gasteiger partial charge in [0, 0.05) is 0 Å². The summed E-state index contributed by atoms with van der Waals surface area (Å²) in [5, 5.41) is 6.27. The molecule has 0 N–H and O–H groups in total. The van der Waals surface area contributed by atoms with Gasteiger partial charge in [-0.05, 0) is 88.7 Å². The molecule has 0 aliphatic carbocycles. The van der Waals surface area contributed by atoms with Crippen LogP contribution in [0.5, 0.6) is 0 Å². The SMILES string of the molecule is [2H]c1c([2H])c([2H])c(-c2cc3ccc4cc(B5OC(C)(C)C(C)(C)O5)cc5ccc(c2)c3c45)c([2H])c1[2H]. The normalized spacial score (nSPS) is 20.1. The van der Waals surface area contributed by atoms with Gasteiger partial charge in [0.2, 0.25) is 0 Å². The largest absolute Gasteiger partial charge is 0.494 e. The average molecular weight is 409 g/mol. The van der Waals surface area contributed by atoms with Crippen LogP contribution in [0.1, 0.15) is 34.5 Å². The van der Waals surface area contributed by atoms with Crippen molar-refractivity contribution < 1.29 is 16.2 Å². The van der Waals surface area contributed by atoms with E-state index in [2.05, 4.69) is 24.3 Å². The molecular weight excluding hydrogens is 379 g/mol. The summed E-state index contributed by atoms with van der Waals surface area (Å²) in [4.78, 5) is 0. The van der Waals surface area contributed by atoms with Crippen LogP contribution in [0.2, 0.25) is 0 Å². The Morgan fingerprint density at radius 2 is 1.10 bits per heavy atom. The van der Waals surface area contributed by atoms with Gasteiger partial charge in [-0.1, -0.05) is 66.6 Å². The van der Waals surface area contributed by atoms with Crippen LogP contribution in [0.3, 0.4) is 0 Å². The quantitative estimate of drug-likeness (QED) is 0.243. The van der Waals surface area contributed by atoms with Crippen LogP contribution >= 0.6 is 0 Å². The van der Waals surface area contributed by atoms with Gasteiger partial charge in [0.15, 0.2) is 0 Å². The Bertz CT molecular complexity index is 1600. The number of rotatable bonds is 2. The predicted octanol–water partition coefficient (Wildman–Crippen LogP) is 6.55. The molecule has 0 saturated carbocycles. The van der Waals surface area contributed by atoms with E-state index in [1.54, 1.807) is 0 Å². The Kier molecular flexibility index (Phi) is 2.90. The fraction of sp³-hybridized carbons (Fsp3) is 0.214. The Morgan fingerprint density at radius 1 is 0.645 bits per heavy atom. The first kappa shape index (κ1) is 14.2. The Hall–Kier alpha value is -2.88.